The number of hydrogen-bond acceptors (Lipinski definition) is 0. The third kappa shape index (κ3) is 9.56. The van der Waals surface area contributed by atoms with E-state index in [-0.39, 0.29) is 21.1 Å². The van der Waals surface area contributed by atoms with E-state index in [4.69, 9.17) is 0 Å². The Morgan fingerprint density at radius 1 is 1.75 bits per heavy atom. The van der Waals surface area contributed by atoms with Gasteiger partial charge in [-0.3, -0.25) is 0 Å². The van der Waals surface area contributed by atoms with Gasteiger partial charge in [0.2, 0.25) is 0 Å². The first-order valence-electron chi connectivity index (χ1n) is 0.724. The summed E-state index contributed by atoms with van der Waals surface area (Å²) in [5.41, 5.74) is 0. The van der Waals surface area contributed by atoms with Crippen LogP contribution in [0.1, 0.15) is 0 Å². The average Bonchev–Trinajstić information content (AvgIpc) is 0.918. The molecule has 0 spiro atoms. The molecule has 0 aliphatic heterocycles. The number of hydrogen-bond donors (Lipinski definition) is 0. The van der Waals surface area contributed by atoms with Crippen LogP contribution in [0.3, 0.4) is 0 Å². The molecule has 1 atom stereocenters. The molecule has 0 aromatic rings. The predicted molar refractivity (Wildman–Crippen MR) is 14.2 cm³/mol. The van der Waals surface area contributed by atoms with Gasteiger partial charge in [0.15, 0.2) is 0 Å². The van der Waals surface area contributed by atoms with Crippen molar-refractivity contribution in [2.24, 2.45) is 0 Å². The van der Waals surface area contributed by atoms with Crippen LogP contribution in [0.4, 0.5) is 0 Å². The molecular formula is CH4PVW+. The second-order valence-corrected chi connectivity index (χ2v) is 2.77. The molecule has 0 aliphatic rings. The van der Waals surface area contributed by atoms with E-state index in [1.54, 1.807) is 0 Å². The summed E-state index contributed by atoms with van der Waals surface area (Å²) >= 11 is 2.49. The zero-order valence-electron chi connectivity index (χ0n) is 2.36. The van der Waals surface area contributed by atoms with E-state index >= 15 is 0 Å². The van der Waals surface area contributed by atoms with Gasteiger partial charge in [-0.2, -0.15) is 0 Å². The van der Waals surface area contributed by atoms with Crippen molar-refractivity contribution in [3.05, 3.63) is 0 Å². The summed E-state index contributed by atoms with van der Waals surface area (Å²) in [6.45, 7) is 3.15. The standard InChI is InChI=1S/CH4P.V.W/c1-2;;/h2H,1H3;;/q-1;+2;. The van der Waals surface area contributed by atoms with Crippen molar-refractivity contribution < 1.29 is 37.5 Å². The van der Waals surface area contributed by atoms with E-state index in [0.29, 0.717) is 0 Å². The molecule has 23 valence electrons. The summed E-state index contributed by atoms with van der Waals surface area (Å²) in [6, 6.07) is 0. The second-order valence-electron chi connectivity index (χ2n) is 0.224. The van der Waals surface area contributed by atoms with Crippen molar-refractivity contribution >= 4 is 6.60 Å². The van der Waals surface area contributed by atoms with Crippen LogP contribution >= 0.6 is 6.60 Å². The molecule has 0 N–H and O–H groups in total. The third-order valence-electron chi connectivity index (χ3n) is 0. The summed E-state index contributed by atoms with van der Waals surface area (Å²) < 4.78 is 0. The fourth-order valence-corrected chi connectivity index (χ4v) is 0. The van der Waals surface area contributed by atoms with E-state index in [1.807, 2.05) is 0 Å². The van der Waals surface area contributed by atoms with Crippen molar-refractivity contribution in [1.82, 2.24) is 0 Å². The average molecular weight is 282 g/mol. The third-order valence-corrected chi connectivity index (χ3v) is 0. The summed E-state index contributed by atoms with van der Waals surface area (Å²) in [5, 5.41) is 0. The van der Waals surface area contributed by atoms with E-state index in [0.717, 1.165) is 6.60 Å². The quantitative estimate of drug-likeness (QED) is 0.575. The van der Waals surface area contributed by atoms with Crippen LogP contribution in [0.2, 0.25) is 0 Å². The summed E-state index contributed by atoms with van der Waals surface area (Å²) in [4.78, 5) is 0. The predicted octanol–water partition coefficient (Wildman–Crippen LogP) is 0.754. The molecule has 1 unspecified atom stereocenters. The molecule has 0 amide bonds. The molecule has 0 aliphatic carbocycles. The van der Waals surface area contributed by atoms with Gasteiger partial charge in [-0.25, -0.2) is 0 Å². The Morgan fingerprint density at radius 3 is 1.75 bits per heavy atom. The molecule has 0 rings (SSSR count). The van der Waals surface area contributed by atoms with Crippen LogP contribution in [-0.4, -0.2) is 6.66 Å². The Kier molecular flexibility index (Phi) is 20.1. The van der Waals surface area contributed by atoms with Gasteiger partial charge >= 0.3 is 29.7 Å². The van der Waals surface area contributed by atoms with Gasteiger partial charge in [-0.05, 0) is 0 Å². The Hall–Kier alpha value is 1.57. The maximum absolute atomic E-state index is 2.49. The molecule has 0 nitrogen and oxygen atoms in total. The molecule has 0 bridgehead atoms. The molecule has 0 fully saturated rings. The van der Waals surface area contributed by atoms with Crippen molar-refractivity contribution in [3.63, 3.8) is 0 Å². The first kappa shape index (κ1) is 9.13. The first-order valence-corrected chi connectivity index (χ1v) is 4.27. The van der Waals surface area contributed by atoms with Crippen LogP contribution in [0.25, 0.3) is 0 Å². The largest absolute Gasteiger partial charge is 0 e. The Labute approximate surface area is 50.7 Å². The van der Waals surface area contributed by atoms with E-state index in [2.05, 4.69) is 23.1 Å². The van der Waals surface area contributed by atoms with Crippen LogP contribution in [0.5, 0.6) is 0 Å². The van der Waals surface area contributed by atoms with Crippen LogP contribution in [-0.2, 0) is 37.5 Å². The van der Waals surface area contributed by atoms with Gasteiger partial charge in [0.1, 0.15) is 0 Å². The first-order chi connectivity index (χ1) is 1.41. The molecule has 0 saturated heterocycles. The van der Waals surface area contributed by atoms with Crippen molar-refractivity contribution in [2.75, 3.05) is 6.66 Å². The fourth-order valence-electron chi connectivity index (χ4n) is 0. The normalized spacial score (nSPS) is 5.00. The monoisotopic (exact) mass is 282 g/mol. The van der Waals surface area contributed by atoms with Crippen molar-refractivity contribution in [2.45, 2.75) is 0 Å². The van der Waals surface area contributed by atoms with Gasteiger partial charge in [-0.1, -0.05) is 0 Å². The molecule has 0 saturated carbocycles. The molecule has 0 aromatic heterocycles. The maximum Gasteiger partial charge on any atom is 0 e. The van der Waals surface area contributed by atoms with E-state index < -0.39 is 0 Å². The maximum atomic E-state index is 2.49. The Balaban J connectivity index is 0. The molecule has 4 heavy (non-hydrogen) atoms. The van der Waals surface area contributed by atoms with E-state index in [1.165, 1.54) is 0 Å². The fraction of sp³-hybridized carbons (Fsp3) is 1.00. The van der Waals surface area contributed by atoms with Gasteiger partial charge in [-0.15, -0.1) is 0 Å². The minimum atomic E-state index is 0. The molecule has 0 aromatic carbocycles. The zero-order chi connectivity index (χ0) is 2.71. The van der Waals surface area contributed by atoms with Gasteiger partial charge < -0.3 is 0 Å². The minimum absolute atomic E-state index is 0. The molecular weight excluding hydrogens is 278 g/mol. The summed E-state index contributed by atoms with van der Waals surface area (Å²) in [5.74, 6) is 0. The molecule has 0 radical (unpaired) electrons. The van der Waals surface area contributed by atoms with Crippen LogP contribution in [0.15, 0.2) is 0 Å². The molecule has 3 heteroatoms. The van der Waals surface area contributed by atoms with Crippen molar-refractivity contribution in [3.8, 4) is 0 Å². The van der Waals surface area contributed by atoms with Gasteiger partial charge in [0.05, 0.1) is 0 Å². The summed E-state index contributed by atoms with van der Waals surface area (Å²) in [7, 11) is 0. The van der Waals surface area contributed by atoms with Gasteiger partial charge in [0.25, 0.3) is 0 Å². The summed E-state index contributed by atoms with van der Waals surface area (Å²) in [6.07, 6.45) is 0. The smallest absolute Gasteiger partial charge is 0 e. The zero-order valence-corrected chi connectivity index (χ0v) is 7.69. The Morgan fingerprint density at radius 2 is 1.75 bits per heavy atom. The minimum Gasteiger partial charge on any atom is 0 e. The van der Waals surface area contributed by atoms with Gasteiger partial charge in [0, 0.05) is 21.1 Å². The van der Waals surface area contributed by atoms with Crippen molar-refractivity contribution in [1.29, 1.82) is 0 Å². The van der Waals surface area contributed by atoms with Crippen LogP contribution in [0, 0.1) is 0 Å². The second kappa shape index (κ2) is 8.82. The Bertz CT molecular complexity index is 15.5. The molecule has 0 heterocycles. The van der Waals surface area contributed by atoms with Crippen LogP contribution < -0.4 is 0 Å². The number of rotatable bonds is 0. The topological polar surface area (TPSA) is 0 Å². The SMILES string of the molecule is C[PH+]=[V].[W]. The van der Waals surface area contributed by atoms with E-state index in [9.17, 15) is 0 Å².